The first kappa shape index (κ1) is 17.0. The van der Waals surface area contributed by atoms with Crippen LogP contribution in [0.25, 0.3) is 10.2 Å². The Labute approximate surface area is 139 Å². The predicted molar refractivity (Wildman–Crippen MR) is 86.1 cm³/mol. The van der Waals surface area contributed by atoms with Crippen LogP contribution >= 0.6 is 34.7 Å². The molecule has 2 rings (SSSR count). The Morgan fingerprint density at radius 1 is 1.45 bits per heavy atom. The average Bonchev–Trinajstić information content (AvgIpc) is 2.76. The maximum atomic E-state index is 11.9. The number of fused-ring (bicyclic) bond motifs is 1. The summed E-state index contributed by atoms with van der Waals surface area (Å²) < 4.78 is 5.00. The smallest absolute Gasteiger partial charge is 0.348 e. The highest BCUT2D eigenvalue weighted by atomic mass is 35.5. The highest BCUT2D eigenvalue weighted by Gasteiger charge is 2.22. The van der Waals surface area contributed by atoms with Gasteiger partial charge in [-0.25, -0.2) is 14.8 Å². The minimum atomic E-state index is -0.959. The number of carboxylic acid groups (broad SMARTS) is 1. The van der Waals surface area contributed by atoms with Crippen LogP contribution in [0.1, 0.15) is 29.1 Å². The molecular formula is C13H13ClN2O4S2. The lowest BCUT2D eigenvalue weighted by Crippen LogP contribution is -2.11. The van der Waals surface area contributed by atoms with E-state index < -0.39 is 17.2 Å². The summed E-state index contributed by atoms with van der Waals surface area (Å²) in [5.41, 5.74) is 0.672. The topological polar surface area (TPSA) is 89.4 Å². The largest absolute Gasteiger partial charge is 0.480 e. The van der Waals surface area contributed by atoms with Crippen molar-refractivity contribution >= 4 is 56.9 Å². The van der Waals surface area contributed by atoms with Crippen molar-refractivity contribution in [3.05, 3.63) is 15.6 Å². The van der Waals surface area contributed by atoms with Gasteiger partial charge in [0.15, 0.2) is 5.16 Å². The maximum absolute atomic E-state index is 11.9. The van der Waals surface area contributed by atoms with Crippen LogP contribution in [-0.4, -0.2) is 38.9 Å². The Bertz CT molecular complexity index is 747. The van der Waals surface area contributed by atoms with Gasteiger partial charge in [-0.15, -0.1) is 11.3 Å². The summed E-state index contributed by atoms with van der Waals surface area (Å²) in [4.78, 5) is 32.2. The van der Waals surface area contributed by atoms with Crippen molar-refractivity contribution in [2.75, 3.05) is 6.61 Å². The molecule has 2 heterocycles. The minimum absolute atomic E-state index is 0.203. The van der Waals surface area contributed by atoms with E-state index in [9.17, 15) is 9.59 Å². The molecule has 2 aromatic heterocycles. The summed E-state index contributed by atoms with van der Waals surface area (Å²) in [6.07, 6.45) is 0. The SMILES string of the molecule is CCOC(=O)c1sc2nc(SC(C)C(=O)O)nc(Cl)c2c1C. The van der Waals surface area contributed by atoms with Gasteiger partial charge in [-0.3, -0.25) is 4.79 Å². The second kappa shape index (κ2) is 6.80. The third-order valence-electron chi connectivity index (χ3n) is 2.82. The third kappa shape index (κ3) is 3.34. The number of carboxylic acids is 1. The van der Waals surface area contributed by atoms with E-state index in [4.69, 9.17) is 21.4 Å². The van der Waals surface area contributed by atoms with Gasteiger partial charge in [-0.05, 0) is 26.3 Å². The number of hydrogen-bond acceptors (Lipinski definition) is 7. The lowest BCUT2D eigenvalue weighted by atomic mass is 10.2. The number of carbonyl (C=O) groups excluding carboxylic acids is 1. The van der Waals surface area contributed by atoms with E-state index in [1.807, 2.05) is 0 Å². The third-order valence-corrected chi connectivity index (χ3v) is 5.20. The van der Waals surface area contributed by atoms with Crippen LogP contribution in [0, 0.1) is 6.92 Å². The first-order chi connectivity index (χ1) is 10.3. The number of rotatable bonds is 5. The number of nitrogens with zero attached hydrogens (tertiary/aromatic N) is 2. The van der Waals surface area contributed by atoms with Crippen molar-refractivity contribution in [2.24, 2.45) is 0 Å². The second-order valence-corrected chi connectivity index (χ2v) is 7.02. The van der Waals surface area contributed by atoms with Gasteiger partial charge in [-0.1, -0.05) is 23.4 Å². The first-order valence-corrected chi connectivity index (χ1v) is 8.45. The molecule has 118 valence electrons. The molecule has 0 saturated heterocycles. The van der Waals surface area contributed by atoms with E-state index in [1.54, 1.807) is 13.8 Å². The number of thioether (sulfide) groups is 1. The molecule has 0 saturated carbocycles. The number of halogens is 1. The van der Waals surface area contributed by atoms with Gasteiger partial charge < -0.3 is 9.84 Å². The van der Waals surface area contributed by atoms with E-state index in [-0.39, 0.29) is 16.9 Å². The number of ether oxygens (including phenoxy) is 1. The summed E-state index contributed by atoms with van der Waals surface area (Å²) in [6.45, 7) is 5.31. The molecule has 0 spiro atoms. The summed E-state index contributed by atoms with van der Waals surface area (Å²) in [5, 5.41) is 9.31. The molecule has 0 fully saturated rings. The molecule has 1 N–H and O–H groups in total. The molecular weight excluding hydrogens is 348 g/mol. The summed E-state index contributed by atoms with van der Waals surface area (Å²) in [5.74, 6) is -1.38. The van der Waals surface area contributed by atoms with Crippen molar-refractivity contribution in [3.8, 4) is 0 Å². The van der Waals surface area contributed by atoms with Gasteiger partial charge in [0.1, 0.15) is 20.1 Å². The van der Waals surface area contributed by atoms with Crippen molar-refractivity contribution in [1.82, 2.24) is 9.97 Å². The number of esters is 1. The van der Waals surface area contributed by atoms with Gasteiger partial charge in [0.2, 0.25) is 0 Å². The van der Waals surface area contributed by atoms with Crippen LogP contribution in [0.3, 0.4) is 0 Å². The quantitative estimate of drug-likeness (QED) is 0.378. The van der Waals surface area contributed by atoms with Crippen LogP contribution in [0.4, 0.5) is 0 Å². The summed E-state index contributed by atoms with van der Waals surface area (Å²) in [6, 6.07) is 0. The van der Waals surface area contributed by atoms with Gasteiger partial charge in [-0.2, -0.15) is 0 Å². The Kier molecular flexibility index (Phi) is 5.25. The zero-order valence-electron chi connectivity index (χ0n) is 12.0. The zero-order valence-corrected chi connectivity index (χ0v) is 14.4. The fourth-order valence-corrected chi connectivity index (χ4v) is 3.98. The van der Waals surface area contributed by atoms with Crippen LogP contribution in [0.5, 0.6) is 0 Å². The number of aliphatic carboxylic acids is 1. The van der Waals surface area contributed by atoms with Crippen LogP contribution in [-0.2, 0) is 9.53 Å². The van der Waals surface area contributed by atoms with Gasteiger partial charge in [0.25, 0.3) is 0 Å². The molecule has 0 aliphatic rings. The standard InChI is InChI=1S/C13H13ClN2O4S2/c1-4-20-12(19)8-5(2)7-9(14)15-13(16-10(7)22-8)21-6(3)11(17)18/h6H,4H2,1-3H3,(H,17,18). The zero-order chi connectivity index (χ0) is 16.4. The number of aryl methyl sites for hydroxylation is 1. The Hall–Kier alpha value is -1.38. The molecule has 6 nitrogen and oxygen atoms in total. The average molecular weight is 361 g/mol. The van der Waals surface area contributed by atoms with Crippen molar-refractivity contribution in [2.45, 2.75) is 31.2 Å². The van der Waals surface area contributed by atoms with E-state index in [1.165, 1.54) is 6.92 Å². The molecule has 0 amide bonds. The van der Waals surface area contributed by atoms with E-state index >= 15 is 0 Å². The van der Waals surface area contributed by atoms with Crippen LogP contribution in [0.2, 0.25) is 5.15 Å². The van der Waals surface area contributed by atoms with Crippen LogP contribution < -0.4 is 0 Å². The molecule has 0 aliphatic heterocycles. The lowest BCUT2D eigenvalue weighted by Gasteiger charge is -2.05. The molecule has 0 radical (unpaired) electrons. The van der Waals surface area contributed by atoms with Crippen molar-refractivity contribution in [3.63, 3.8) is 0 Å². The highest BCUT2D eigenvalue weighted by molar-refractivity contribution is 8.00. The first-order valence-electron chi connectivity index (χ1n) is 6.38. The monoisotopic (exact) mass is 360 g/mol. The molecule has 0 bridgehead atoms. The molecule has 0 aliphatic carbocycles. The summed E-state index contributed by atoms with van der Waals surface area (Å²) in [7, 11) is 0. The van der Waals surface area contributed by atoms with E-state index in [2.05, 4.69) is 9.97 Å². The minimum Gasteiger partial charge on any atom is -0.480 e. The number of carbonyl (C=O) groups is 2. The Morgan fingerprint density at radius 2 is 2.14 bits per heavy atom. The molecule has 1 unspecified atom stereocenters. The van der Waals surface area contributed by atoms with E-state index in [0.29, 0.717) is 20.7 Å². The number of thiophene rings is 1. The van der Waals surface area contributed by atoms with Gasteiger partial charge in [0.05, 0.1) is 12.0 Å². The number of hydrogen-bond donors (Lipinski definition) is 1. The normalized spacial score (nSPS) is 12.4. The fourth-order valence-electron chi connectivity index (χ4n) is 1.72. The van der Waals surface area contributed by atoms with E-state index in [0.717, 1.165) is 23.1 Å². The van der Waals surface area contributed by atoms with Crippen LogP contribution in [0.15, 0.2) is 5.16 Å². The lowest BCUT2D eigenvalue weighted by molar-refractivity contribution is -0.136. The molecule has 0 aromatic carbocycles. The van der Waals surface area contributed by atoms with Gasteiger partial charge >= 0.3 is 11.9 Å². The molecule has 1 atom stereocenters. The Morgan fingerprint density at radius 3 is 2.73 bits per heavy atom. The fraction of sp³-hybridized carbons (Fsp3) is 0.385. The number of aromatic nitrogens is 2. The van der Waals surface area contributed by atoms with Crippen molar-refractivity contribution < 1.29 is 19.4 Å². The molecule has 22 heavy (non-hydrogen) atoms. The summed E-state index contributed by atoms with van der Waals surface area (Å²) >= 11 is 8.33. The Balaban J connectivity index is 2.47. The molecule has 2 aromatic rings. The molecule has 9 heteroatoms. The van der Waals surface area contributed by atoms with Gasteiger partial charge in [0, 0.05) is 0 Å². The maximum Gasteiger partial charge on any atom is 0.348 e. The highest BCUT2D eigenvalue weighted by Crippen LogP contribution is 2.35. The second-order valence-electron chi connectivity index (χ2n) is 4.35. The predicted octanol–water partition coefficient (Wildman–Crippen LogP) is 3.40. The van der Waals surface area contributed by atoms with Crippen molar-refractivity contribution in [1.29, 1.82) is 0 Å².